The topological polar surface area (TPSA) is 65.1 Å². The highest BCUT2D eigenvalue weighted by Crippen LogP contribution is 2.28. The summed E-state index contributed by atoms with van der Waals surface area (Å²) in [6.07, 6.45) is 4.66. The van der Waals surface area contributed by atoms with Gasteiger partial charge < -0.3 is 15.8 Å². The highest BCUT2D eigenvalue weighted by atomic mass is 16.5. The lowest BCUT2D eigenvalue weighted by molar-refractivity contribution is 0.134. The Morgan fingerprint density at radius 3 is 2.94 bits per heavy atom. The molecule has 0 unspecified atom stereocenters. The van der Waals surface area contributed by atoms with Crippen molar-refractivity contribution < 1.29 is 4.74 Å². The van der Waals surface area contributed by atoms with Crippen LogP contribution >= 0.6 is 0 Å². The predicted molar refractivity (Wildman–Crippen MR) is 73.6 cm³/mol. The fourth-order valence-corrected chi connectivity index (χ4v) is 2.00. The van der Waals surface area contributed by atoms with Crippen molar-refractivity contribution in [2.24, 2.45) is 13.0 Å². The van der Waals surface area contributed by atoms with Crippen LogP contribution in [-0.2, 0) is 18.2 Å². The van der Waals surface area contributed by atoms with Crippen molar-refractivity contribution in [3.8, 4) is 0 Å². The third-order valence-corrected chi connectivity index (χ3v) is 3.24. The van der Waals surface area contributed by atoms with Crippen LogP contribution in [-0.4, -0.2) is 29.5 Å². The summed E-state index contributed by atoms with van der Waals surface area (Å²) in [7, 11) is 1.92. The zero-order valence-electron chi connectivity index (χ0n) is 11.4. The van der Waals surface area contributed by atoms with Gasteiger partial charge in [-0.05, 0) is 25.2 Å². The van der Waals surface area contributed by atoms with Gasteiger partial charge >= 0.3 is 0 Å². The van der Waals surface area contributed by atoms with E-state index in [0.29, 0.717) is 0 Å². The van der Waals surface area contributed by atoms with Crippen molar-refractivity contribution in [3.63, 3.8) is 0 Å². The van der Waals surface area contributed by atoms with Crippen LogP contribution in [0.2, 0.25) is 0 Å². The Morgan fingerprint density at radius 1 is 1.50 bits per heavy atom. The van der Waals surface area contributed by atoms with Crippen LogP contribution in [0.3, 0.4) is 0 Å². The Morgan fingerprint density at radius 2 is 2.28 bits per heavy atom. The number of rotatable bonds is 8. The molecule has 102 valence electrons. The lowest BCUT2D eigenvalue weighted by Crippen LogP contribution is -2.13. The molecule has 0 atom stereocenters. The Labute approximate surface area is 109 Å². The average molecular weight is 252 g/mol. The maximum absolute atomic E-state index is 6.08. The Balaban J connectivity index is 1.76. The maximum atomic E-state index is 6.08. The van der Waals surface area contributed by atoms with Crippen LogP contribution in [0.4, 0.5) is 11.5 Å². The molecule has 0 radical (unpaired) electrons. The van der Waals surface area contributed by atoms with Crippen molar-refractivity contribution in [1.82, 2.24) is 9.78 Å². The van der Waals surface area contributed by atoms with E-state index in [-0.39, 0.29) is 0 Å². The Bertz CT molecular complexity index is 385. The number of anilines is 2. The highest BCUT2D eigenvalue weighted by Gasteiger charge is 2.20. The lowest BCUT2D eigenvalue weighted by Gasteiger charge is -2.08. The minimum Gasteiger partial charge on any atom is -0.394 e. The van der Waals surface area contributed by atoms with E-state index in [9.17, 15) is 0 Å². The second-order valence-electron chi connectivity index (χ2n) is 5.03. The van der Waals surface area contributed by atoms with E-state index in [0.717, 1.165) is 55.7 Å². The van der Waals surface area contributed by atoms with E-state index in [4.69, 9.17) is 10.5 Å². The molecule has 0 aliphatic heterocycles. The summed E-state index contributed by atoms with van der Waals surface area (Å²) in [6.45, 7) is 4.54. The van der Waals surface area contributed by atoms with Crippen molar-refractivity contribution in [1.29, 1.82) is 0 Å². The molecule has 0 aromatic carbocycles. The molecule has 1 aliphatic carbocycles. The van der Waals surface area contributed by atoms with Gasteiger partial charge in [-0.3, -0.25) is 4.68 Å². The third-order valence-electron chi connectivity index (χ3n) is 3.24. The number of aromatic nitrogens is 2. The van der Waals surface area contributed by atoms with Gasteiger partial charge in [0.15, 0.2) is 0 Å². The molecular formula is C13H24N4O. The molecule has 0 bridgehead atoms. The molecule has 1 fully saturated rings. The van der Waals surface area contributed by atoms with Gasteiger partial charge in [0.1, 0.15) is 5.82 Å². The summed E-state index contributed by atoms with van der Waals surface area (Å²) in [5, 5.41) is 7.73. The zero-order chi connectivity index (χ0) is 13.0. The number of nitrogens with one attached hydrogen (secondary N) is 1. The summed E-state index contributed by atoms with van der Waals surface area (Å²) in [4.78, 5) is 0. The van der Waals surface area contributed by atoms with Crippen LogP contribution in [0.25, 0.3) is 0 Å². The molecule has 18 heavy (non-hydrogen) atoms. The van der Waals surface area contributed by atoms with Gasteiger partial charge in [-0.1, -0.05) is 13.3 Å². The quantitative estimate of drug-likeness (QED) is 0.692. The Hall–Kier alpha value is -1.23. The number of hydrogen-bond acceptors (Lipinski definition) is 4. The number of hydrogen-bond donors (Lipinski definition) is 2. The summed E-state index contributed by atoms with van der Waals surface area (Å²) < 4.78 is 7.40. The number of aryl methyl sites for hydroxylation is 2. The van der Waals surface area contributed by atoms with E-state index >= 15 is 0 Å². The molecule has 1 aromatic heterocycles. The molecule has 0 spiro atoms. The fraction of sp³-hybridized carbons (Fsp3) is 0.769. The average Bonchev–Trinajstić information content (AvgIpc) is 3.12. The Kier molecular flexibility index (Phi) is 4.47. The third kappa shape index (κ3) is 3.38. The lowest BCUT2D eigenvalue weighted by atomic mass is 10.2. The largest absolute Gasteiger partial charge is 0.394 e. The van der Waals surface area contributed by atoms with E-state index in [1.54, 1.807) is 0 Å². The summed E-state index contributed by atoms with van der Waals surface area (Å²) >= 11 is 0. The van der Waals surface area contributed by atoms with Gasteiger partial charge in [0.2, 0.25) is 0 Å². The van der Waals surface area contributed by atoms with E-state index < -0.39 is 0 Å². The first-order valence-electron chi connectivity index (χ1n) is 6.85. The monoisotopic (exact) mass is 252 g/mol. The van der Waals surface area contributed by atoms with Crippen molar-refractivity contribution in [3.05, 3.63) is 5.69 Å². The molecule has 1 aliphatic rings. The minimum absolute atomic E-state index is 0.726. The van der Waals surface area contributed by atoms with Gasteiger partial charge in [0.05, 0.1) is 18.0 Å². The number of ether oxygens (including phenoxy) is 1. The molecule has 1 heterocycles. The van der Waals surface area contributed by atoms with E-state index in [1.807, 2.05) is 11.7 Å². The predicted octanol–water partition coefficient (Wildman–Crippen LogP) is 1.79. The SMILES string of the molecule is CCCc1nn(C)c(NCCOCC2CC2)c1N. The molecular weight excluding hydrogens is 228 g/mol. The van der Waals surface area contributed by atoms with Crippen LogP contribution in [0.15, 0.2) is 0 Å². The van der Waals surface area contributed by atoms with E-state index in [2.05, 4.69) is 17.3 Å². The number of nitrogens with two attached hydrogens (primary N) is 1. The summed E-state index contributed by atoms with van der Waals surface area (Å²) in [5.74, 6) is 1.73. The summed E-state index contributed by atoms with van der Waals surface area (Å²) in [5.41, 5.74) is 7.84. The fourth-order valence-electron chi connectivity index (χ4n) is 2.00. The van der Waals surface area contributed by atoms with Gasteiger partial charge in [-0.2, -0.15) is 5.10 Å². The number of nitrogen functional groups attached to an aromatic ring is 1. The second kappa shape index (κ2) is 6.09. The molecule has 5 nitrogen and oxygen atoms in total. The molecule has 0 saturated heterocycles. The molecule has 0 amide bonds. The standard InChI is InChI=1S/C13H24N4O/c1-3-4-11-12(14)13(17(2)16-11)15-7-8-18-9-10-5-6-10/h10,15H,3-9,14H2,1-2H3. The maximum Gasteiger partial charge on any atom is 0.147 e. The zero-order valence-corrected chi connectivity index (χ0v) is 11.4. The van der Waals surface area contributed by atoms with Gasteiger partial charge in [-0.25, -0.2) is 0 Å². The van der Waals surface area contributed by atoms with Crippen molar-refractivity contribution in [2.45, 2.75) is 32.6 Å². The molecule has 2 rings (SSSR count). The molecule has 3 N–H and O–H groups in total. The highest BCUT2D eigenvalue weighted by molar-refractivity contribution is 5.65. The van der Waals surface area contributed by atoms with E-state index in [1.165, 1.54) is 12.8 Å². The normalized spacial score (nSPS) is 15.0. The van der Waals surface area contributed by atoms with Crippen molar-refractivity contribution >= 4 is 11.5 Å². The van der Waals surface area contributed by atoms with Crippen LogP contribution in [0.5, 0.6) is 0 Å². The van der Waals surface area contributed by atoms with Gasteiger partial charge in [-0.15, -0.1) is 0 Å². The first-order valence-corrected chi connectivity index (χ1v) is 6.85. The first kappa shape index (κ1) is 13.2. The molecule has 1 aromatic rings. The number of nitrogens with zero attached hydrogens (tertiary/aromatic N) is 2. The first-order chi connectivity index (χ1) is 8.72. The molecule has 1 saturated carbocycles. The van der Waals surface area contributed by atoms with Crippen molar-refractivity contribution in [2.75, 3.05) is 30.8 Å². The molecule has 5 heteroatoms. The van der Waals surface area contributed by atoms with Gasteiger partial charge in [0.25, 0.3) is 0 Å². The smallest absolute Gasteiger partial charge is 0.147 e. The van der Waals surface area contributed by atoms with Gasteiger partial charge in [0, 0.05) is 20.2 Å². The summed E-state index contributed by atoms with van der Waals surface area (Å²) in [6, 6.07) is 0. The minimum atomic E-state index is 0.726. The second-order valence-corrected chi connectivity index (χ2v) is 5.03. The van der Waals surface area contributed by atoms with Crippen LogP contribution in [0.1, 0.15) is 31.9 Å². The van der Waals surface area contributed by atoms with Crippen LogP contribution in [0, 0.1) is 5.92 Å². The van der Waals surface area contributed by atoms with Crippen LogP contribution < -0.4 is 11.1 Å².